The van der Waals surface area contributed by atoms with Crippen molar-refractivity contribution in [3.05, 3.63) is 447 Å². The van der Waals surface area contributed by atoms with Gasteiger partial charge in [-0.05, 0) is 185 Å². The topological polar surface area (TPSA) is 55.3 Å². The van der Waals surface area contributed by atoms with Crippen LogP contribution >= 0.6 is 0 Å². The highest BCUT2D eigenvalue weighted by molar-refractivity contribution is 6.16. The molecule has 4 atom stereocenters. The maximum Gasteiger partial charge on any atom is 0.394 e. The van der Waals surface area contributed by atoms with Crippen LogP contribution in [0.2, 0.25) is 0 Å². The van der Waals surface area contributed by atoms with Gasteiger partial charge in [-0.3, -0.25) is 0 Å². The number of anilines is 12. The zero-order chi connectivity index (χ0) is 90.0. The number of hydrogen-bond donors (Lipinski definition) is 0. The number of fused-ring (bicyclic) bond motifs is 20. The van der Waals surface area contributed by atoms with Gasteiger partial charge in [0.15, 0.2) is 23.7 Å². The Morgan fingerprint density at radius 1 is 0.283 bits per heavy atom. The molecule has 0 fully saturated rings. The maximum absolute atomic E-state index is 2.70. The lowest BCUT2D eigenvalue weighted by atomic mass is 9.66. The lowest BCUT2D eigenvalue weighted by Gasteiger charge is -2.50. The molecule has 0 aliphatic carbocycles. The van der Waals surface area contributed by atoms with E-state index in [0.29, 0.717) is 0 Å². The number of rotatable bonds is 1. The van der Waals surface area contributed by atoms with E-state index in [1.54, 1.807) is 0 Å². The number of aromatic nitrogens is 9. The summed E-state index contributed by atoms with van der Waals surface area (Å²) in [4.78, 5) is 13.1. The van der Waals surface area contributed by atoms with Crippen molar-refractivity contribution in [1.29, 1.82) is 0 Å². The Morgan fingerprint density at radius 3 is 1.24 bits per heavy atom. The van der Waals surface area contributed by atoms with Gasteiger partial charge in [0.05, 0.1) is 114 Å². The number of nitrogens with zero attached hydrogens (tertiary/aromatic N) is 14. The normalized spacial score (nSPS) is 20.0. The van der Waals surface area contributed by atoms with Gasteiger partial charge in [0, 0.05) is 121 Å². The van der Waals surface area contributed by atoms with Gasteiger partial charge < -0.3 is 24.5 Å². The predicted molar refractivity (Wildman–Crippen MR) is 542 cm³/mol. The van der Waals surface area contributed by atoms with Gasteiger partial charge in [-0.2, -0.15) is 22.8 Å². The van der Waals surface area contributed by atoms with Crippen LogP contribution < -0.4 is 47.4 Å². The number of hydrogen-bond acceptors (Lipinski definition) is 5. The lowest BCUT2D eigenvalue weighted by molar-refractivity contribution is -0.987. The molecule has 0 radical (unpaired) electrons. The van der Waals surface area contributed by atoms with E-state index in [4.69, 9.17) is 0 Å². The lowest BCUT2D eigenvalue weighted by Crippen LogP contribution is -2.77. The van der Waals surface area contributed by atoms with Gasteiger partial charge in [-0.15, -0.1) is 9.25 Å². The molecule has 0 amide bonds. The molecule has 8 aromatic heterocycles. The largest absolute Gasteiger partial charge is 0.394 e. The van der Waals surface area contributed by atoms with Crippen molar-refractivity contribution < 1.29 is 23.0 Å². The van der Waals surface area contributed by atoms with Gasteiger partial charge in [-0.25, -0.2) is 4.57 Å². The molecule has 22 aromatic rings. The van der Waals surface area contributed by atoms with Crippen LogP contribution in [0.1, 0.15) is 142 Å². The molecule has 3 spiro atoms. The van der Waals surface area contributed by atoms with Crippen LogP contribution in [0.5, 0.6) is 0 Å². The minimum absolute atomic E-state index is 0.0258. The van der Waals surface area contributed by atoms with Crippen LogP contribution in [0.4, 0.5) is 68.2 Å². The third kappa shape index (κ3) is 7.24. The van der Waals surface area contributed by atoms with E-state index in [2.05, 4.69) is 461 Å². The van der Waals surface area contributed by atoms with Gasteiger partial charge in [-0.1, -0.05) is 198 Å². The summed E-state index contributed by atoms with van der Waals surface area (Å²) in [5.74, 6) is 0. The molecular weight excluding hydrogens is 1690 g/mol. The SMILES string of the molecule is CC1(C)c2cc3c4c5c2-n2c6c1cccc6c1ccc[n+](c12)C51c2c(cccc2-n2cc(-c5ccccc5)c[n+]21)N4c1ccccc1C3.CC1(C)c2cc3c4c5c2-n2c6c1cccc6c1ccc[n+](c12)C51c2c(cccc2N4c2ccccc2C3)-c2cccc[n+]21.CN1c2ccccc2N2c3cccc4c3C3(c5c6c(cc7c5-n5c8c(cccc8c8ccc[n+]3c85)C7(C)C)Cc3ccccc3N46)C12. The van der Waals surface area contributed by atoms with Crippen LogP contribution in [0.15, 0.2) is 347 Å². The summed E-state index contributed by atoms with van der Waals surface area (Å²) in [6.45, 7) is 14.7. The first-order chi connectivity index (χ1) is 67.7. The Hall–Kier alpha value is -16.7. The van der Waals surface area contributed by atoms with Crippen molar-refractivity contribution in [2.75, 3.05) is 31.5 Å². The second-order valence-electron chi connectivity index (χ2n) is 42.9. The molecule has 0 bridgehead atoms. The van der Waals surface area contributed by atoms with Crippen LogP contribution in [0.3, 0.4) is 0 Å². The van der Waals surface area contributed by atoms with E-state index in [9.17, 15) is 0 Å². The van der Waals surface area contributed by atoms with Gasteiger partial charge in [0.1, 0.15) is 50.2 Å². The fourth-order valence-electron chi connectivity index (χ4n) is 31.1. The van der Waals surface area contributed by atoms with Gasteiger partial charge in [0.25, 0.3) is 5.65 Å². The Labute approximate surface area is 793 Å². The number of benzene rings is 14. The average Bonchev–Trinajstić information content (AvgIpc) is 1.48. The molecule has 24 heterocycles. The van der Waals surface area contributed by atoms with Crippen LogP contribution in [0, 0.1) is 0 Å². The summed E-state index contributed by atoms with van der Waals surface area (Å²) < 4.78 is 23.4. The molecule has 14 nitrogen and oxygen atoms in total. The highest BCUT2D eigenvalue weighted by Gasteiger charge is 2.75. The minimum Gasteiger partial charge on any atom is -0.348 e. The second-order valence-corrected chi connectivity index (χ2v) is 42.9. The van der Waals surface area contributed by atoms with Crippen molar-refractivity contribution in [2.45, 2.75) is 100 Å². The predicted octanol–water partition coefficient (Wildman–Crippen LogP) is 23.8. The Balaban J connectivity index is 0.0000000881. The summed E-state index contributed by atoms with van der Waals surface area (Å²) in [6.07, 6.45) is 16.9. The molecule has 4 unspecified atom stereocenters. The molecule has 138 heavy (non-hydrogen) atoms. The summed E-state index contributed by atoms with van der Waals surface area (Å²) in [7, 11) is 2.32. The molecule has 16 aliphatic heterocycles. The molecule has 38 rings (SSSR count). The summed E-state index contributed by atoms with van der Waals surface area (Å²) in [5, 5.41) is 7.96. The van der Waals surface area contributed by atoms with Crippen LogP contribution in [0.25, 0.3) is 111 Å². The summed E-state index contributed by atoms with van der Waals surface area (Å²) >= 11 is 0. The van der Waals surface area contributed by atoms with E-state index >= 15 is 0 Å². The van der Waals surface area contributed by atoms with Crippen molar-refractivity contribution in [2.24, 2.45) is 0 Å². The first kappa shape index (κ1) is 71.8. The Bertz CT molecular complexity index is 9850. The summed E-state index contributed by atoms with van der Waals surface area (Å²) in [5.41, 5.74) is 57.1. The first-order valence-corrected chi connectivity index (χ1v) is 49.2. The molecular formula is C124H85N14+5. The molecule has 0 saturated heterocycles. The van der Waals surface area contributed by atoms with E-state index < -0.39 is 16.9 Å². The second kappa shape index (κ2) is 22.8. The zero-order valence-electron chi connectivity index (χ0n) is 76.9. The van der Waals surface area contributed by atoms with E-state index in [-0.39, 0.29) is 22.4 Å². The molecule has 16 aliphatic rings. The third-order valence-corrected chi connectivity index (χ3v) is 36.2. The molecule has 0 N–H and O–H groups in total. The monoisotopic (exact) mass is 1770 g/mol. The number of pyridine rings is 4. The molecule has 14 aromatic carbocycles. The Kier molecular flexibility index (Phi) is 11.8. The first-order valence-electron chi connectivity index (χ1n) is 49.2. The highest BCUT2D eigenvalue weighted by Crippen LogP contribution is 2.72. The van der Waals surface area contributed by atoms with Crippen LogP contribution in [-0.2, 0) is 52.4 Å². The van der Waals surface area contributed by atoms with Crippen molar-refractivity contribution >= 4 is 134 Å². The van der Waals surface area contributed by atoms with Crippen LogP contribution in [-0.4, -0.2) is 31.6 Å². The third-order valence-electron chi connectivity index (χ3n) is 36.2. The van der Waals surface area contributed by atoms with E-state index in [1.165, 1.54) is 279 Å². The van der Waals surface area contributed by atoms with E-state index in [1.807, 2.05) is 0 Å². The number of likely N-dealkylation sites (N-methyl/N-ethyl adjacent to an activating group) is 1. The smallest absolute Gasteiger partial charge is 0.348 e. The van der Waals surface area contributed by atoms with Crippen molar-refractivity contribution in [3.63, 3.8) is 0 Å². The molecule has 646 valence electrons. The van der Waals surface area contributed by atoms with E-state index in [0.717, 1.165) is 19.3 Å². The fourth-order valence-corrected chi connectivity index (χ4v) is 31.1. The average molecular weight is 1770 g/mol. The highest BCUT2D eigenvalue weighted by atomic mass is 15.5. The number of para-hydroxylation sites is 8. The van der Waals surface area contributed by atoms with Gasteiger partial charge in [0.2, 0.25) is 17.4 Å². The van der Waals surface area contributed by atoms with Crippen molar-refractivity contribution in [3.8, 4) is 45.1 Å². The molecule has 14 heteroatoms. The maximum atomic E-state index is 2.70. The molecule has 0 saturated carbocycles. The minimum atomic E-state index is -0.630. The van der Waals surface area contributed by atoms with Crippen molar-refractivity contribution in [1.82, 2.24) is 18.4 Å². The summed E-state index contributed by atoms with van der Waals surface area (Å²) in [6, 6.07) is 117. The standard InChI is InChI=1S/C43H29N5.C42H30N5.C39H26N4/c1-42(2)31-16-8-14-29-30-15-10-20-44-41(30)48(39(29)31)40-32(42)22-27-21-26-13-6-7-17-33(26)47-35-19-9-18-34-36(35)43(44,37(40)38(27)47)46-24-28(23-45(34)46)25-11-4-3-5-12-25;1-41(2)27-14-8-12-25-26-13-10-20-44-39(26)47(37(25)27)38-28(41)22-24-21-23-11-4-5-15-29(23)45-32-18-9-19-33-34(32)42(44,35(38)36(24)45)40-43(3)30-16-6-7-17-31(30)46(33)40;1-38(2)27-14-7-11-24-25-13-9-19-41-37(25)43(35(24)27)36-28(38)21-23-20-22-10-3-4-15-29(22)42-31-17-8-12-26-30-16-5-6-18-40(30)39(41,32(26)31)33(36)34(23)42/h3-20,22-24H,21H2,1-2H3;4-20,22,40H,21H2,1-3H3;3-19,21H,20H2,1-2H3/q+2;+1;+2. The Morgan fingerprint density at radius 2 is 0.688 bits per heavy atom. The van der Waals surface area contributed by atoms with Gasteiger partial charge >= 0.3 is 22.6 Å². The zero-order valence-corrected chi connectivity index (χ0v) is 76.9. The quantitative estimate of drug-likeness (QED) is 0.153. The fraction of sp³-hybridized carbons (Fsp3) is 0.137.